The highest BCUT2D eigenvalue weighted by Crippen LogP contribution is 2.43. The maximum absolute atomic E-state index is 11.5. The molecule has 4 heterocycles. The largest absolute Gasteiger partial charge is 0.382 e. The van der Waals surface area contributed by atoms with Gasteiger partial charge in [-0.25, -0.2) is 9.97 Å². The summed E-state index contributed by atoms with van der Waals surface area (Å²) in [7, 11) is 0. The molecular weight excluding hydrogens is 498 g/mol. The molecule has 0 spiro atoms. The zero-order chi connectivity index (χ0) is 27.6. The Hall–Kier alpha value is -4.30. The summed E-state index contributed by atoms with van der Waals surface area (Å²) >= 11 is 0. The predicted octanol–water partition coefficient (Wildman–Crippen LogP) is 4.79. The number of primary amides is 1. The number of rotatable bonds is 8. The van der Waals surface area contributed by atoms with Gasteiger partial charge in [0.25, 0.3) is 0 Å². The molecule has 1 saturated heterocycles. The number of carbonyl (C=O) groups is 1. The third kappa shape index (κ3) is 5.27. The van der Waals surface area contributed by atoms with E-state index in [4.69, 9.17) is 16.5 Å². The number of amides is 1. The van der Waals surface area contributed by atoms with E-state index >= 15 is 0 Å². The number of anilines is 1. The normalized spacial score (nSPS) is 20.1. The van der Waals surface area contributed by atoms with Gasteiger partial charge in [-0.3, -0.25) is 14.2 Å². The van der Waals surface area contributed by atoms with E-state index in [-0.39, 0.29) is 11.8 Å². The summed E-state index contributed by atoms with van der Waals surface area (Å²) in [5.74, 6) is 2.33. The lowest BCUT2D eigenvalue weighted by atomic mass is 9.74. The Morgan fingerprint density at radius 1 is 1.07 bits per heavy atom. The summed E-state index contributed by atoms with van der Waals surface area (Å²) in [4.78, 5) is 28.0. The second-order valence-electron chi connectivity index (χ2n) is 11.1. The van der Waals surface area contributed by atoms with Gasteiger partial charge in [0.15, 0.2) is 0 Å². The van der Waals surface area contributed by atoms with Crippen molar-refractivity contribution < 1.29 is 4.79 Å². The van der Waals surface area contributed by atoms with Crippen molar-refractivity contribution in [2.75, 3.05) is 25.4 Å². The zero-order valence-electron chi connectivity index (χ0n) is 22.6. The van der Waals surface area contributed by atoms with Crippen molar-refractivity contribution in [1.29, 1.82) is 0 Å². The lowest BCUT2D eigenvalue weighted by Crippen LogP contribution is -2.42. The van der Waals surface area contributed by atoms with Crippen LogP contribution in [0.3, 0.4) is 0 Å². The summed E-state index contributed by atoms with van der Waals surface area (Å²) < 4.78 is 2.09. The number of allylic oxidation sites excluding steroid dienone is 2. The van der Waals surface area contributed by atoms with E-state index in [1.165, 1.54) is 0 Å². The van der Waals surface area contributed by atoms with E-state index < -0.39 is 0 Å². The second-order valence-corrected chi connectivity index (χ2v) is 11.1. The highest BCUT2D eigenvalue weighted by molar-refractivity contribution is 5.88. The molecule has 0 atom stereocenters. The molecule has 40 heavy (non-hydrogen) atoms. The lowest BCUT2D eigenvalue weighted by Gasteiger charge is -2.40. The van der Waals surface area contributed by atoms with Gasteiger partial charge in [0, 0.05) is 42.5 Å². The molecule has 0 bridgehead atoms. The Morgan fingerprint density at radius 2 is 1.85 bits per heavy atom. The molecule has 0 unspecified atom stereocenters. The molecule has 2 aliphatic rings. The molecule has 1 amide bonds. The van der Waals surface area contributed by atoms with E-state index in [1.807, 2.05) is 48.8 Å². The fourth-order valence-electron chi connectivity index (χ4n) is 6.02. The first-order valence-electron chi connectivity index (χ1n) is 14.0. The maximum Gasteiger partial charge on any atom is 0.220 e. The van der Waals surface area contributed by atoms with Gasteiger partial charge >= 0.3 is 0 Å². The quantitative estimate of drug-likeness (QED) is 0.315. The van der Waals surface area contributed by atoms with Crippen LogP contribution in [-0.4, -0.2) is 49.8 Å². The fourth-order valence-corrected chi connectivity index (χ4v) is 6.02. The number of imidazole rings is 1. The Balaban J connectivity index is 1.14. The van der Waals surface area contributed by atoms with Crippen LogP contribution in [0.5, 0.6) is 0 Å². The van der Waals surface area contributed by atoms with Gasteiger partial charge in [-0.2, -0.15) is 0 Å². The molecular formula is C32H35N7O. The van der Waals surface area contributed by atoms with Gasteiger partial charge < -0.3 is 16.4 Å². The van der Waals surface area contributed by atoms with E-state index in [2.05, 4.69) is 44.0 Å². The first-order chi connectivity index (χ1) is 19.5. The highest BCUT2D eigenvalue weighted by Gasteiger charge is 2.36. The van der Waals surface area contributed by atoms with Crippen molar-refractivity contribution in [3.05, 3.63) is 90.8 Å². The summed E-state index contributed by atoms with van der Waals surface area (Å²) in [6.07, 6.45) is 13.4. The number of nitrogens with two attached hydrogens (primary N) is 2. The fraction of sp³-hybridized carbons (Fsp3) is 0.312. The van der Waals surface area contributed by atoms with Crippen molar-refractivity contribution >= 4 is 28.9 Å². The average molecular weight is 534 g/mol. The molecule has 6 rings (SSSR count). The van der Waals surface area contributed by atoms with Crippen LogP contribution in [0.1, 0.15) is 48.7 Å². The van der Waals surface area contributed by atoms with Crippen LogP contribution in [0.4, 0.5) is 5.82 Å². The first kappa shape index (κ1) is 26.0. The molecule has 0 radical (unpaired) electrons. The Labute approximate surface area is 234 Å². The summed E-state index contributed by atoms with van der Waals surface area (Å²) in [6.45, 7) is 7.28. The van der Waals surface area contributed by atoms with Gasteiger partial charge in [0.1, 0.15) is 17.2 Å². The monoisotopic (exact) mass is 533 g/mol. The van der Waals surface area contributed by atoms with Crippen molar-refractivity contribution in [2.24, 2.45) is 17.6 Å². The first-order valence-corrected chi connectivity index (χ1v) is 14.0. The Morgan fingerprint density at radius 3 is 2.55 bits per heavy atom. The Kier molecular flexibility index (Phi) is 7.17. The molecule has 4 aromatic rings. The number of benzene rings is 1. The topological polar surface area (TPSA) is 115 Å². The van der Waals surface area contributed by atoms with Gasteiger partial charge in [0.2, 0.25) is 5.91 Å². The van der Waals surface area contributed by atoms with Crippen molar-refractivity contribution in [3.63, 3.8) is 0 Å². The number of nitrogen functional groups attached to an aromatic ring is 1. The number of aromatic nitrogens is 4. The van der Waals surface area contributed by atoms with Gasteiger partial charge in [-0.05, 0) is 61.9 Å². The third-order valence-corrected chi connectivity index (χ3v) is 8.35. The van der Waals surface area contributed by atoms with Gasteiger partial charge in [-0.15, -0.1) is 0 Å². The molecule has 4 N–H and O–H groups in total. The SMILES string of the molecule is C=C(/C=C\c1ccc(-c2ccccc2)nc1)c1nc([C@H]2C[C@@H](CN3CCC(C(N)=O)CC3)C2)n2ccnc(N)c12. The Bertz CT molecular complexity index is 1540. The van der Waals surface area contributed by atoms with Gasteiger partial charge in [0.05, 0.1) is 11.4 Å². The number of carbonyl (C=O) groups excluding carboxylic acids is 1. The maximum atomic E-state index is 11.5. The van der Waals surface area contributed by atoms with Crippen LogP contribution in [0.15, 0.2) is 73.7 Å². The molecule has 1 aromatic carbocycles. The van der Waals surface area contributed by atoms with Crippen molar-refractivity contribution in [3.8, 4) is 11.3 Å². The van der Waals surface area contributed by atoms with E-state index in [0.717, 1.165) is 84.7 Å². The van der Waals surface area contributed by atoms with Crippen LogP contribution >= 0.6 is 0 Å². The van der Waals surface area contributed by atoms with E-state index in [1.54, 1.807) is 6.20 Å². The number of hydrogen-bond donors (Lipinski definition) is 2. The number of pyridine rings is 1. The standard InChI is InChI=1S/C32H35N7O/c1-21(7-8-22-9-10-27(36-19-22)24-5-3-2-4-6-24)28-29-30(33)35-13-16-39(29)32(37-28)26-17-23(18-26)20-38-14-11-25(12-15-38)31(34)40/h2-10,13,16,19,23,25-26H,1,11-12,14-15,17-18,20H2,(H2,33,35)(H2,34,40)/b8-7-/t23-,26+. The summed E-state index contributed by atoms with van der Waals surface area (Å²) in [5.41, 5.74) is 17.2. The molecule has 2 fully saturated rings. The molecule has 3 aromatic heterocycles. The van der Waals surface area contributed by atoms with Crippen LogP contribution in [0.25, 0.3) is 28.4 Å². The minimum atomic E-state index is -0.159. The molecule has 204 valence electrons. The molecule has 1 saturated carbocycles. The molecule has 1 aliphatic heterocycles. The number of hydrogen-bond acceptors (Lipinski definition) is 6. The predicted molar refractivity (Wildman–Crippen MR) is 159 cm³/mol. The smallest absolute Gasteiger partial charge is 0.220 e. The zero-order valence-corrected chi connectivity index (χ0v) is 22.6. The van der Waals surface area contributed by atoms with Crippen molar-refractivity contribution in [2.45, 2.75) is 31.6 Å². The van der Waals surface area contributed by atoms with Gasteiger partial charge in [-0.1, -0.05) is 55.1 Å². The minimum Gasteiger partial charge on any atom is -0.382 e. The molecule has 1 aliphatic carbocycles. The molecule has 8 nitrogen and oxygen atoms in total. The van der Waals surface area contributed by atoms with Crippen LogP contribution in [0, 0.1) is 11.8 Å². The number of likely N-dealkylation sites (tertiary alicyclic amines) is 1. The van der Waals surface area contributed by atoms with Crippen molar-refractivity contribution in [1.82, 2.24) is 24.3 Å². The number of fused-ring (bicyclic) bond motifs is 1. The average Bonchev–Trinajstić information content (AvgIpc) is 3.35. The van der Waals surface area contributed by atoms with E-state index in [0.29, 0.717) is 17.7 Å². The number of nitrogens with zero attached hydrogens (tertiary/aromatic N) is 5. The van der Waals surface area contributed by atoms with E-state index in [9.17, 15) is 4.79 Å². The van der Waals surface area contributed by atoms with Crippen LogP contribution in [-0.2, 0) is 4.79 Å². The second kappa shape index (κ2) is 11.1. The number of piperidine rings is 1. The van der Waals surface area contributed by atoms with Crippen LogP contribution in [0.2, 0.25) is 0 Å². The molecule has 8 heteroatoms. The lowest BCUT2D eigenvalue weighted by molar-refractivity contribution is -0.123. The van der Waals surface area contributed by atoms with Crippen LogP contribution < -0.4 is 11.5 Å². The highest BCUT2D eigenvalue weighted by atomic mass is 16.1. The summed E-state index contributed by atoms with van der Waals surface area (Å²) in [5, 5.41) is 0. The minimum absolute atomic E-state index is 0.0335. The third-order valence-electron chi connectivity index (χ3n) is 8.35. The summed E-state index contributed by atoms with van der Waals surface area (Å²) in [6, 6.07) is 14.2.